The first-order chi connectivity index (χ1) is 4.54. The summed E-state index contributed by atoms with van der Waals surface area (Å²) in [6.07, 6.45) is 1.31. The minimum absolute atomic E-state index is 0.663. The molecule has 1 atom stereocenters. The summed E-state index contributed by atoms with van der Waals surface area (Å²) in [4.78, 5) is 2.38. The van der Waals surface area contributed by atoms with Gasteiger partial charge in [-0.05, 0) is 32.9 Å². The van der Waals surface area contributed by atoms with E-state index in [1.54, 1.807) is 0 Å². The van der Waals surface area contributed by atoms with Gasteiger partial charge in [-0.1, -0.05) is 36.4 Å². The van der Waals surface area contributed by atoms with E-state index in [1.807, 2.05) is 0 Å². The van der Waals surface area contributed by atoms with E-state index < -0.39 is 0 Å². The van der Waals surface area contributed by atoms with Gasteiger partial charge in [0.1, 0.15) is 0 Å². The number of halogens is 1. The van der Waals surface area contributed by atoms with Crippen LogP contribution in [0.15, 0.2) is 0 Å². The highest BCUT2D eigenvalue weighted by atomic mass is 127. The zero-order chi connectivity index (χ0) is 8.15. The SMILES string of the molecule is CC(C)CCN(C)C(C)I. The van der Waals surface area contributed by atoms with Crippen LogP contribution in [-0.4, -0.2) is 22.5 Å². The largest absolute Gasteiger partial charge is 0.295 e. The van der Waals surface area contributed by atoms with Crippen molar-refractivity contribution in [3.8, 4) is 0 Å². The molecule has 10 heavy (non-hydrogen) atoms. The number of nitrogens with zero attached hydrogens (tertiary/aromatic N) is 1. The zero-order valence-corrected chi connectivity index (χ0v) is 9.55. The Labute approximate surface area is 78.3 Å². The molecule has 0 rings (SSSR count). The van der Waals surface area contributed by atoms with Gasteiger partial charge in [0.2, 0.25) is 0 Å². The molecule has 0 saturated heterocycles. The van der Waals surface area contributed by atoms with Crippen molar-refractivity contribution >= 4 is 22.6 Å². The lowest BCUT2D eigenvalue weighted by molar-refractivity contribution is 0.314. The highest BCUT2D eigenvalue weighted by Crippen LogP contribution is 2.07. The van der Waals surface area contributed by atoms with Crippen LogP contribution < -0.4 is 0 Å². The summed E-state index contributed by atoms with van der Waals surface area (Å²) < 4.78 is 0.663. The Bertz CT molecular complexity index is 81.3. The van der Waals surface area contributed by atoms with Crippen LogP contribution in [0.2, 0.25) is 0 Å². The quantitative estimate of drug-likeness (QED) is 0.424. The normalized spacial score (nSPS) is 14.7. The molecule has 0 aliphatic carbocycles. The van der Waals surface area contributed by atoms with Crippen molar-refractivity contribution in [1.82, 2.24) is 4.90 Å². The summed E-state index contributed by atoms with van der Waals surface area (Å²) in [7, 11) is 2.18. The first-order valence-corrected chi connectivity index (χ1v) is 5.13. The molecular formula is C8H18IN. The number of rotatable bonds is 4. The standard InChI is InChI=1S/C8H18IN/c1-7(2)5-6-10(4)8(3)9/h7-8H,5-6H2,1-4H3. The van der Waals surface area contributed by atoms with E-state index in [2.05, 4.69) is 55.3 Å². The third-order valence-corrected chi connectivity index (χ3v) is 2.62. The molecule has 0 radical (unpaired) electrons. The zero-order valence-electron chi connectivity index (χ0n) is 7.39. The first kappa shape index (κ1) is 10.7. The molecule has 0 aromatic rings. The Morgan fingerprint density at radius 1 is 1.30 bits per heavy atom. The molecule has 0 aliphatic rings. The van der Waals surface area contributed by atoms with Crippen LogP contribution in [0, 0.1) is 5.92 Å². The highest BCUT2D eigenvalue weighted by molar-refractivity contribution is 14.1. The van der Waals surface area contributed by atoms with Gasteiger partial charge in [-0.3, -0.25) is 4.90 Å². The maximum atomic E-state index is 2.44. The molecule has 0 saturated carbocycles. The molecule has 1 unspecified atom stereocenters. The van der Waals surface area contributed by atoms with Crippen LogP contribution >= 0.6 is 22.6 Å². The summed E-state index contributed by atoms with van der Waals surface area (Å²) >= 11 is 2.44. The van der Waals surface area contributed by atoms with Crippen LogP contribution in [0.3, 0.4) is 0 Å². The van der Waals surface area contributed by atoms with Crippen molar-refractivity contribution in [2.24, 2.45) is 5.92 Å². The van der Waals surface area contributed by atoms with Gasteiger partial charge in [-0.15, -0.1) is 0 Å². The predicted octanol–water partition coefficient (Wildman–Crippen LogP) is 2.75. The smallest absolute Gasteiger partial charge is 0.0587 e. The van der Waals surface area contributed by atoms with E-state index in [9.17, 15) is 0 Å². The van der Waals surface area contributed by atoms with E-state index in [1.165, 1.54) is 13.0 Å². The van der Waals surface area contributed by atoms with Crippen molar-refractivity contribution in [1.29, 1.82) is 0 Å². The molecule has 62 valence electrons. The van der Waals surface area contributed by atoms with E-state index in [0.717, 1.165) is 5.92 Å². The molecule has 0 aromatic heterocycles. The Balaban J connectivity index is 3.30. The summed E-state index contributed by atoms with van der Waals surface area (Å²) in [5.74, 6) is 0.831. The predicted molar refractivity (Wildman–Crippen MR) is 55.6 cm³/mol. The molecule has 0 fully saturated rings. The van der Waals surface area contributed by atoms with Gasteiger partial charge in [0.15, 0.2) is 0 Å². The van der Waals surface area contributed by atoms with Gasteiger partial charge < -0.3 is 0 Å². The molecule has 0 heterocycles. The van der Waals surface area contributed by atoms with Gasteiger partial charge in [0.05, 0.1) is 4.05 Å². The summed E-state index contributed by atoms with van der Waals surface area (Å²) in [6.45, 7) is 7.99. The summed E-state index contributed by atoms with van der Waals surface area (Å²) in [5, 5.41) is 0. The summed E-state index contributed by atoms with van der Waals surface area (Å²) in [5.41, 5.74) is 0. The molecule has 0 aromatic carbocycles. The van der Waals surface area contributed by atoms with E-state index in [4.69, 9.17) is 0 Å². The lowest BCUT2D eigenvalue weighted by Gasteiger charge is -2.20. The second-order valence-electron chi connectivity index (χ2n) is 3.24. The molecule has 0 spiro atoms. The van der Waals surface area contributed by atoms with Crippen LogP contribution in [0.25, 0.3) is 0 Å². The minimum atomic E-state index is 0.663. The van der Waals surface area contributed by atoms with Crippen LogP contribution in [-0.2, 0) is 0 Å². The average molecular weight is 255 g/mol. The molecule has 0 bridgehead atoms. The summed E-state index contributed by atoms with van der Waals surface area (Å²) in [6, 6.07) is 0. The highest BCUT2D eigenvalue weighted by Gasteiger charge is 2.04. The maximum absolute atomic E-state index is 2.44. The van der Waals surface area contributed by atoms with Gasteiger partial charge in [-0.2, -0.15) is 0 Å². The third-order valence-electron chi connectivity index (χ3n) is 1.67. The minimum Gasteiger partial charge on any atom is -0.295 e. The average Bonchev–Trinajstić information content (AvgIpc) is 1.82. The first-order valence-electron chi connectivity index (χ1n) is 3.88. The van der Waals surface area contributed by atoms with E-state index in [-0.39, 0.29) is 0 Å². The van der Waals surface area contributed by atoms with Crippen LogP contribution in [0.1, 0.15) is 27.2 Å². The van der Waals surface area contributed by atoms with Crippen molar-refractivity contribution < 1.29 is 0 Å². The second-order valence-corrected chi connectivity index (χ2v) is 5.04. The Morgan fingerprint density at radius 2 is 1.80 bits per heavy atom. The fourth-order valence-corrected chi connectivity index (χ4v) is 0.918. The fraction of sp³-hybridized carbons (Fsp3) is 1.00. The van der Waals surface area contributed by atoms with Crippen molar-refractivity contribution in [2.75, 3.05) is 13.6 Å². The van der Waals surface area contributed by atoms with Crippen LogP contribution in [0.5, 0.6) is 0 Å². The van der Waals surface area contributed by atoms with Gasteiger partial charge in [0.25, 0.3) is 0 Å². The Morgan fingerprint density at radius 3 is 2.10 bits per heavy atom. The van der Waals surface area contributed by atoms with Gasteiger partial charge >= 0.3 is 0 Å². The lowest BCUT2D eigenvalue weighted by atomic mass is 10.1. The third kappa shape index (κ3) is 5.47. The molecule has 0 N–H and O–H groups in total. The topological polar surface area (TPSA) is 3.24 Å². The van der Waals surface area contributed by atoms with Crippen molar-refractivity contribution in [2.45, 2.75) is 31.2 Å². The molecule has 2 heteroatoms. The maximum Gasteiger partial charge on any atom is 0.0587 e. The van der Waals surface area contributed by atoms with Crippen molar-refractivity contribution in [3.05, 3.63) is 0 Å². The molecule has 0 aliphatic heterocycles. The van der Waals surface area contributed by atoms with Crippen molar-refractivity contribution in [3.63, 3.8) is 0 Å². The number of alkyl halides is 1. The number of hydrogen-bond donors (Lipinski definition) is 0. The Hall–Kier alpha value is 0.690. The van der Waals surface area contributed by atoms with E-state index in [0.29, 0.717) is 4.05 Å². The van der Waals surface area contributed by atoms with Crippen LogP contribution in [0.4, 0.5) is 0 Å². The lowest BCUT2D eigenvalue weighted by Crippen LogP contribution is -2.25. The Kier molecular flexibility index (Phi) is 5.72. The fourth-order valence-electron chi connectivity index (χ4n) is 0.640. The number of hydrogen-bond acceptors (Lipinski definition) is 1. The molecular weight excluding hydrogens is 237 g/mol. The molecule has 0 amide bonds. The second kappa shape index (κ2) is 5.35. The van der Waals surface area contributed by atoms with Gasteiger partial charge in [0, 0.05) is 0 Å². The van der Waals surface area contributed by atoms with Gasteiger partial charge in [-0.25, -0.2) is 0 Å². The van der Waals surface area contributed by atoms with E-state index >= 15 is 0 Å². The molecule has 1 nitrogen and oxygen atoms in total. The monoisotopic (exact) mass is 255 g/mol.